The van der Waals surface area contributed by atoms with Gasteiger partial charge in [0.15, 0.2) is 5.88 Å². The van der Waals surface area contributed by atoms with E-state index >= 15 is 0 Å². The van der Waals surface area contributed by atoms with Gasteiger partial charge in [0.2, 0.25) is 0 Å². The van der Waals surface area contributed by atoms with Crippen molar-refractivity contribution in [1.29, 1.82) is 0 Å². The molecule has 1 unspecified atom stereocenters. The smallest absolute Gasteiger partial charge is 0.369 e. The molecule has 2 N–H and O–H groups in total. The molecular weight excluding hydrogens is 196 g/mol. The Balaban J connectivity index is 2.98. The average Bonchev–Trinajstić information content (AvgIpc) is 2.02. The number of ether oxygens (including phenoxy) is 1. The zero-order valence-electron chi connectivity index (χ0n) is 7.17. The summed E-state index contributed by atoms with van der Waals surface area (Å²) in [6.07, 6.45) is 1.56. The van der Waals surface area contributed by atoms with E-state index < -0.39 is 11.1 Å². The summed E-state index contributed by atoms with van der Waals surface area (Å²) < 4.78 is 4.83. The van der Waals surface area contributed by atoms with Crippen molar-refractivity contribution in [2.45, 2.75) is 12.0 Å². The van der Waals surface area contributed by atoms with Crippen LogP contribution in [0.15, 0.2) is 17.0 Å². The molecule has 0 spiro atoms. The van der Waals surface area contributed by atoms with E-state index in [-0.39, 0.29) is 5.88 Å². The second-order valence-electron chi connectivity index (χ2n) is 2.52. The maximum atomic E-state index is 10.7. The Morgan fingerprint density at radius 2 is 2.46 bits per heavy atom. The third kappa shape index (κ3) is 1.92. The van der Waals surface area contributed by atoms with E-state index in [9.17, 15) is 4.79 Å². The summed E-state index contributed by atoms with van der Waals surface area (Å²) in [5.74, 6) is -0.985. The van der Waals surface area contributed by atoms with Gasteiger partial charge in [-0.2, -0.15) is 0 Å². The number of rotatable bonds is 2. The minimum Gasteiger partial charge on any atom is -0.482 e. The average molecular weight is 205 g/mol. The Morgan fingerprint density at radius 1 is 1.85 bits per heavy atom. The van der Waals surface area contributed by atoms with Crippen molar-refractivity contribution in [3.63, 3.8) is 0 Å². The third-order valence-corrected chi connectivity index (χ3v) is 1.80. The molecule has 1 aliphatic heterocycles. The Morgan fingerprint density at radius 3 is 2.92 bits per heavy atom. The van der Waals surface area contributed by atoms with Crippen LogP contribution in [0, 0.1) is 0 Å². The van der Waals surface area contributed by atoms with Gasteiger partial charge in [-0.1, -0.05) is 11.6 Å². The summed E-state index contributed by atoms with van der Waals surface area (Å²) >= 11 is 5.66. The SMILES string of the molecule is COC1=CC(C)=NC(Cl)(C(=O)O)N1. The van der Waals surface area contributed by atoms with Crippen LogP contribution in [0.25, 0.3) is 0 Å². The van der Waals surface area contributed by atoms with Gasteiger partial charge in [-0.05, 0) is 6.92 Å². The molecule has 0 fully saturated rings. The summed E-state index contributed by atoms with van der Waals surface area (Å²) in [5, 5.41) is 9.33. The number of carboxylic acids is 1. The van der Waals surface area contributed by atoms with Crippen LogP contribution >= 0.6 is 11.6 Å². The third-order valence-electron chi connectivity index (χ3n) is 1.46. The van der Waals surface area contributed by atoms with Gasteiger partial charge >= 0.3 is 11.1 Å². The van der Waals surface area contributed by atoms with E-state index in [1.807, 2.05) is 0 Å². The maximum absolute atomic E-state index is 10.7. The van der Waals surface area contributed by atoms with Gasteiger partial charge in [-0.15, -0.1) is 0 Å². The number of hydrogen-bond donors (Lipinski definition) is 2. The largest absolute Gasteiger partial charge is 0.482 e. The van der Waals surface area contributed by atoms with Crippen molar-refractivity contribution in [2.75, 3.05) is 7.11 Å². The van der Waals surface area contributed by atoms with Crippen molar-refractivity contribution < 1.29 is 14.6 Å². The number of hydrogen-bond acceptors (Lipinski definition) is 4. The summed E-state index contributed by atoms with van der Waals surface area (Å²) in [5.41, 5.74) is 0.494. The van der Waals surface area contributed by atoms with Crippen molar-refractivity contribution in [3.05, 3.63) is 12.0 Å². The fourth-order valence-corrected chi connectivity index (χ4v) is 1.13. The molecule has 0 saturated carbocycles. The van der Waals surface area contributed by atoms with E-state index in [1.165, 1.54) is 7.11 Å². The van der Waals surface area contributed by atoms with Gasteiger partial charge < -0.3 is 15.2 Å². The molecule has 6 heteroatoms. The van der Waals surface area contributed by atoms with Crippen molar-refractivity contribution in [2.24, 2.45) is 4.99 Å². The minimum atomic E-state index is -1.84. The topological polar surface area (TPSA) is 70.9 Å². The predicted octanol–water partition coefficient (Wildman–Crippen LogP) is 0.516. The minimum absolute atomic E-state index is 0.282. The Kier molecular flexibility index (Phi) is 2.47. The predicted molar refractivity (Wildman–Crippen MR) is 47.6 cm³/mol. The molecule has 0 aromatic heterocycles. The summed E-state index contributed by atoms with van der Waals surface area (Å²) in [4.78, 5) is 14.4. The van der Waals surface area contributed by atoms with Crippen LogP contribution in [0.3, 0.4) is 0 Å². The van der Waals surface area contributed by atoms with Crippen LogP contribution in [0.5, 0.6) is 0 Å². The van der Waals surface area contributed by atoms with Crippen LogP contribution in [-0.4, -0.2) is 29.0 Å². The Bertz CT molecular complexity index is 300. The van der Waals surface area contributed by atoms with E-state index in [4.69, 9.17) is 21.4 Å². The lowest BCUT2D eigenvalue weighted by molar-refractivity contribution is -0.141. The lowest BCUT2D eigenvalue weighted by Crippen LogP contribution is -2.47. The van der Waals surface area contributed by atoms with Gasteiger partial charge in [0, 0.05) is 11.8 Å². The second-order valence-corrected chi connectivity index (χ2v) is 3.07. The second kappa shape index (κ2) is 3.26. The van der Waals surface area contributed by atoms with Crippen LogP contribution in [0.4, 0.5) is 0 Å². The summed E-state index contributed by atoms with van der Waals surface area (Å²) in [6.45, 7) is 1.64. The van der Waals surface area contributed by atoms with Crippen molar-refractivity contribution >= 4 is 23.3 Å². The first-order valence-corrected chi connectivity index (χ1v) is 3.88. The van der Waals surface area contributed by atoms with Crippen LogP contribution in [0.1, 0.15) is 6.92 Å². The van der Waals surface area contributed by atoms with Gasteiger partial charge in [-0.3, -0.25) is 0 Å². The molecule has 1 heterocycles. The van der Waals surface area contributed by atoms with E-state index in [1.54, 1.807) is 13.0 Å². The number of carbonyl (C=O) groups is 1. The number of aliphatic imine (C=N–C) groups is 1. The summed E-state index contributed by atoms with van der Waals surface area (Å²) in [7, 11) is 1.41. The van der Waals surface area contributed by atoms with Crippen molar-refractivity contribution in [1.82, 2.24) is 5.32 Å². The number of allylic oxidation sites excluding steroid dienone is 1. The fraction of sp³-hybridized carbons (Fsp3) is 0.429. The molecule has 0 aromatic carbocycles. The van der Waals surface area contributed by atoms with Crippen LogP contribution < -0.4 is 5.32 Å². The lowest BCUT2D eigenvalue weighted by atomic mass is 10.3. The quantitative estimate of drug-likeness (QED) is 0.508. The van der Waals surface area contributed by atoms with Gasteiger partial charge in [0.1, 0.15) is 0 Å². The molecule has 72 valence electrons. The highest BCUT2D eigenvalue weighted by Gasteiger charge is 2.38. The first-order chi connectivity index (χ1) is 5.98. The lowest BCUT2D eigenvalue weighted by Gasteiger charge is -2.25. The highest BCUT2D eigenvalue weighted by Crippen LogP contribution is 2.20. The molecule has 1 rings (SSSR count). The van der Waals surface area contributed by atoms with Gasteiger partial charge in [-0.25, -0.2) is 9.79 Å². The molecule has 0 bridgehead atoms. The first kappa shape index (κ1) is 9.85. The normalized spacial score (nSPS) is 27.0. The fourth-order valence-electron chi connectivity index (χ4n) is 0.904. The van der Waals surface area contributed by atoms with Crippen molar-refractivity contribution in [3.8, 4) is 0 Å². The zero-order valence-corrected chi connectivity index (χ0v) is 7.92. The molecule has 0 radical (unpaired) electrons. The molecule has 0 amide bonds. The molecule has 5 nitrogen and oxygen atoms in total. The highest BCUT2D eigenvalue weighted by atomic mass is 35.5. The first-order valence-electron chi connectivity index (χ1n) is 3.50. The molecule has 1 aliphatic rings. The number of carboxylic acid groups (broad SMARTS) is 1. The molecule has 13 heavy (non-hydrogen) atoms. The summed E-state index contributed by atoms with van der Waals surface area (Å²) in [6, 6.07) is 0. The van der Waals surface area contributed by atoms with Crippen LogP contribution in [0.2, 0.25) is 0 Å². The van der Waals surface area contributed by atoms with Gasteiger partial charge in [0.05, 0.1) is 7.11 Å². The number of nitrogens with one attached hydrogen (secondary N) is 1. The van der Waals surface area contributed by atoms with E-state index in [2.05, 4.69) is 10.3 Å². The number of alkyl halides is 1. The Hall–Kier alpha value is -1.23. The molecule has 0 aromatic rings. The zero-order chi connectivity index (χ0) is 10.1. The highest BCUT2D eigenvalue weighted by molar-refractivity contribution is 6.34. The maximum Gasteiger partial charge on any atom is 0.369 e. The van der Waals surface area contributed by atoms with Gasteiger partial charge in [0.25, 0.3) is 0 Å². The monoisotopic (exact) mass is 204 g/mol. The number of aliphatic carboxylic acids is 1. The number of nitrogens with zero attached hydrogens (tertiary/aromatic N) is 1. The molecule has 0 aliphatic carbocycles. The van der Waals surface area contributed by atoms with Crippen LogP contribution in [-0.2, 0) is 9.53 Å². The molecule has 0 saturated heterocycles. The number of halogens is 1. The molecular formula is C7H9ClN2O3. The molecule has 1 atom stereocenters. The van der Waals surface area contributed by atoms with E-state index in [0.717, 1.165) is 0 Å². The Labute approximate surface area is 80.1 Å². The number of methoxy groups -OCH3 is 1. The van der Waals surface area contributed by atoms with E-state index in [0.29, 0.717) is 5.71 Å². The standard InChI is InChI=1S/C7H9ClN2O3/c1-4-3-5(13-2)10-7(8,9-4)6(11)12/h3,10H,1-2H3,(H,11,12).